The summed E-state index contributed by atoms with van der Waals surface area (Å²) in [6, 6.07) is 0. The van der Waals surface area contributed by atoms with Crippen LogP contribution in [0.3, 0.4) is 0 Å². The van der Waals surface area contributed by atoms with E-state index in [1.54, 1.807) is 0 Å². The summed E-state index contributed by atoms with van der Waals surface area (Å²) in [5, 5.41) is 9.63. The molecular weight excluding hydrogens is 849 g/mol. The molecule has 0 spiro atoms. The molecule has 0 aromatic heterocycles. The zero-order chi connectivity index (χ0) is 49.9. The number of unbranched alkanes of at least 4 members (excludes halogenated alkanes) is 17. The second-order valence-corrected chi connectivity index (χ2v) is 17.9. The molecule has 0 amide bonds. The number of hydrogen-bond acceptors (Lipinski definition) is 5. The summed E-state index contributed by atoms with van der Waals surface area (Å²) >= 11 is 0. The quantitative estimate of drug-likeness (QED) is 0.0374. The van der Waals surface area contributed by atoms with Crippen LogP contribution in [0.25, 0.3) is 0 Å². The van der Waals surface area contributed by atoms with Gasteiger partial charge in [0.05, 0.1) is 6.61 Å². The van der Waals surface area contributed by atoms with Crippen LogP contribution in [-0.2, 0) is 19.1 Å². The zero-order valence-corrected chi connectivity index (χ0v) is 44.3. The van der Waals surface area contributed by atoms with Crippen molar-refractivity contribution in [2.75, 3.05) is 13.2 Å². The molecule has 5 heteroatoms. The van der Waals surface area contributed by atoms with E-state index in [2.05, 4.69) is 160 Å². The summed E-state index contributed by atoms with van der Waals surface area (Å²) in [7, 11) is 0. The number of carbonyl (C=O) groups excluding carboxylic acids is 2. The van der Waals surface area contributed by atoms with Crippen LogP contribution in [0.2, 0.25) is 0 Å². The van der Waals surface area contributed by atoms with Gasteiger partial charge in [-0.2, -0.15) is 0 Å². The molecule has 0 heterocycles. The SMILES string of the molecule is CC/C=C\C/C=C\C/C=C\C/C=C\C/C=C\C/C=C\C/C=C\C/C=C\C/C=C\C/C=C\C/C=C\CCCCCC(=O)OC(CO)COC(=O)CCCCCCCCC/C=C\CCCCCCCCC. The zero-order valence-electron chi connectivity index (χ0n) is 44.3. The number of rotatable bonds is 49. The van der Waals surface area contributed by atoms with Crippen molar-refractivity contribution in [3.63, 3.8) is 0 Å². The highest BCUT2D eigenvalue weighted by Gasteiger charge is 2.16. The Labute approximate surface area is 425 Å². The van der Waals surface area contributed by atoms with Crippen LogP contribution >= 0.6 is 0 Å². The molecule has 0 aliphatic heterocycles. The van der Waals surface area contributed by atoms with Crippen molar-refractivity contribution in [3.8, 4) is 0 Å². The first-order chi connectivity index (χ1) is 34.1. The Morgan fingerprint density at radius 2 is 0.623 bits per heavy atom. The lowest BCUT2D eigenvalue weighted by Crippen LogP contribution is -2.28. The van der Waals surface area contributed by atoms with Crippen LogP contribution in [-0.4, -0.2) is 36.4 Å². The maximum Gasteiger partial charge on any atom is 0.306 e. The average molecular weight is 952 g/mol. The number of ether oxygens (including phenoxy) is 2. The lowest BCUT2D eigenvalue weighted by Gasteiger charge is -2.15. The smallest absolute Gasteiger partial charge is 0.306 e. The molecule has 69 heavy (non-hydrogen) atoms. The molecule has 0 bridgehead atoms. The van der Waals surface area contributed by atoms with E-state index in [1.807, 2.05) is 0 Å². The van der Waals surface area contributed by atoms with Crippen LogP contribution in [0.4, 0.5) is 0 Å². The van der Waals surface area contributed by atoms with Crippen molar-refractivity contribution < 1.29 is 24.2 Å². The Bertz CT molecular complexity index is 1490. The predicted molar refractivity (Wildman–Crippen MR) is 301 cm³/mol. The van der Waals surface area contributed by atoms with Crippen LogP contribution in [0, 0.1) is 0 Å². The van der Waals surface area contributed by atoms with Gasteiger partial charge in [-0.1, -0.05) is 237 Å². The number of esters is 2. The topological polar surface area (TPSA) is 72.8 Å². The van der Waals surface area contributed by atoms with Crippen LogP contribution in [0.5, 0.6) is 0 Å². The molecule has 1 unspecified atom stereocenters. The second kappa shape index (κ2) is 58.1. The van der Waals surface area contributed by atoms with Gasteiger partial charge in [-0.3, -0.25) is 9.59 Å². The minimum absolute atomic E-state index is 0.0901. The van der Waals surface area contributed by atoms with Crippen molar-refractivity contribution >= 4 is 11.9 Å². The Morgan fingerprint density at radius 1 is 0.348 bits per heavy atom. The van der Waals surface area contributed by atoms with Crippen molar-refractivity contribution in [2.24, 2.45) is 0 Å². The minimum Gasteiger partial charge on any atom is -0.462 e. The molecule has 0 aliphatic rings. The summed E-state index contributed by atoms with van der Waals surface area (Å²) in [6.45, 7) is 3.99. The minimum atomic E-state index is -0.802. The lowest BCUT2D eigenvalue weighted by molar-refractivity contribution is -0.161. The first-order valence-corrected chi connectivity index (χ1v) is 27.9. The predicted octanol–water partition coefficient (Wildman–Crippen LogP) is 19.0. The third kappa shape index (κ3) is 56.3. The van der Waals surface area contributed by atoms with Crippen LogP contribution < -0.4 is 0 Å². The van der Waals surface area contributed by atoms with E-state index in [4.69, 9.17) is 9.47 Å². The highest BCUT2D eigenvalue weighted by Crippen LogP contribution is 2.13. The number of carbonyl (C=O) groups is 2. The highest BCUT2D eigenvalue weighted by atomic mass is 16.6. The van der Waals surface area contributed by atoms with E-state index >= 15 is 0 Å². The van der Waals surface area contributed by atoms with Gasteiger partial charge in [-0.05, 0) is 122 Å². The molecule has 1 N–H and O–H groups in total. The van der Waals surface area contributed by atoms with Crippen LogP contribution in [0.15, 0.2) is 146 Å². The van der Waals surface area contributed by atoms with Gasteiger partial charge in [0.1, 0.15) is 6.61 Å². The van der Waals surface area contributed by atoms with Gasteiger partial charge in [0.2, 0.25) is 0 Å². The summed E-state index contributed by atoms with van der Waals surface area (Å²) < 4.78 is 10.7. The average Bonchev–Trinajstić information content (AvgIpc) is 3.35. The molecule has 5 nitrogen and oxygen atoms in total. The molecule has 0 aromatic carbocycles. The van der Waals surface area contributed by atoms with Gasteiger partial charge < -0.3 is 14.6 Å². The summed E-state index contributed by atoms with van der Waals surface area (Å²) in [5.41, 5.74) is 0. The molecule has 0 rings (SSSR count). The van der Waals surface area contributed by atoms with Crippen molar-refractivity contribution in [1.82, 2.24) is 0 Å². The third-order valence-electron chi connectivity index (χ3n) is 11.4. The second-order valence-electron chi connectivity index (χ2n) is 17.9. The van der Waals surface area contributed by atoms with Gasteiger partial charge >= 0.3 is 11.9 Å². The Balaban J connectivity index is 3.68. The molecular formula is C64H102O5. The maximum absolute atomic E-state index is 12.3. The van der Waals surface area contributed by atoms with Crippen LogP contribution in [0.1, 0.15) is 226 Å². The fraction of sp³-hybridized carbons (Fsp3) is 0.594. The van der Waals surface area contributed by atoms with Gasteiger partial charge in [0.25, 0.3) is 0 Å². The summed E-state index contributed by atoms with van der Waals surface area (Å²) in [5.74, 6) is -0.642. The monoisotopic (exact) mass is 951 g/mol. The van der Waals surface area contributed by atoms with E-state index in [9.17, 15) is 14.7 Å². The van der Waals surface area contributed by atoms with Gasteiger partial charge in [-0.25, -0.2) is 0 Å². The first kappa shape index (κ1) is 64.8. The molecule has 0 radical (unpaired) electrons. The molecule has 1 atom stereocenters. The van der Waals surface area contributed by atoms with Gasteiger partial charge in [0, 0.05) is 12.8 Å². The largest absolute Gasteiger partial charge is 0.462 e. The van der Waals surface area contributed by atoms with Gasteiger partial charge in [-0.15, -0.1) is 0 Å². The Hall–Kier alpha value is -4.22. The van der Waals surface area contributed by atoms with E-state index in [1.165, 1.54) is 83.5 Å². The lowest BCUT2D eigenvalue weighted by atomic mass is 10.1. The van der Waals surface area contributed by atoms with E-state index in [0.29, 0.717) is 12.8 Å². The third-order valence-corrected chi connectivity index (χ3v) is 11.4. The van der Waals surface area contributed by atoms with Crippen molar-refractivity contribution in [1.29, 1.82) is 0 Å². The summed E-state index contributed by atoms with van der Waals surface area (Å²) in [4.78, 5) is 24.5. The number of hydrogen-bond donors (Lipinski definition) is 1. The molecule has 0 aromatic rings. The van der Waals surface area contributed by atoms with E-state index in [0.717, 1.165) is 116 Å². The van der Waals surface area contributed by atoms with E-state index in [-0.39, 0.29) is 25.2 Å². The molecule has 0 aliphatic carbocycles. The fourth-order valence-corrected chi connectivity index (χ4v) is 7.20. The normalized spacial score (nSPS) is 13.4. The molecule has 0 saturated heterocycles. The van der Waals surface area contributed by atoms with Gasteiger partial charge in [0.15, 0.2) is 6.10 Å². The number of allylic oxidation sites excluding steroid dienone is 24. The maximum atomic E-state index is 12.3. The Kier molecular flexibility index (Phi) is 54.5. The first-order valence-electron chi connectivity index (χ1n) is 27.9. The number of aliphatic hydroxyl groups is 1. The number of aliphatic hydroxyl groups excluding tert-OH is 1. The van der Waals surface area contributed by atoms with Crippen molar-refractivity contribution in [3.05, 3.63) is 146 Å². The van der Waals surface area contributed by atoms with Crippen molar-refractivity contribution in [2.45, 2.75) is 232 Å². The molecule has 0 saturated carbocycles. The molecule has 0 fully saturated rings. The fourth-order valence-electron chi connectivity index (χ4n) is 7.20. The highest BCUT2D eigenvalue weighted by molar-refractivity contribution is 5.70. The standard InChI is InChI=1S/C64H102O5/c1-3-5-7-9-11-13-15-17-19-21-23-24-25-26-27-28-29-30-31-32-33-34-35-36-37-38-39-40-41-43-45-47-49-51-53-55-57-59-64(67)69-62(60-65)61-68-63(66)58-56-54-52-50-48-46-44-42-22-20-18-16-14-12-10-8-6-4-2/h5,7,11,13,17,19-20,22-24,26-27,29-30,32-33,35-36,38-39,41,43,47,49,62,65H,3-4,6,8-10,12,14-16,18,21,25,28,31,34,37,40,42,44-46,48,50-61H2,1-2H3/b7-5-,13-11-,19-17-,22-20-,24-23-,27-26-,30-29-,33-32-,36-35-,39-38-,43-41-,49-47-. The summed E-state index contributed by atoms with van der Waals surface area (Å²) in [6.07, 6.45) is 88.1. The Morgan fingerprint density at radius 3 is 0.971 bits per heavy atom. The molecule has 388 valence electrons. The van der Waals surface area contributed by atoms with E-state index < -0.39 is 6.10 Å².